The number of carbonyl (C=O) groups is 1. The van der Waals surface area contributed by atoms with Gasteiger partial charge in [0.05, 0.1) is 12.7 Å². The molecule has 0 bridgehead atoms. The predicted octanol–water partition coefficient (Wildman–Crippen LogP) is 5.66. The SMILES string of the molecule is [C-]#[N+]c1cncc(-c2ccc(C(C)(C)C(=O)CCC(O)c3ccccc3)cc2)c1. The minimum Gasteiger partial charge on any atom is -0.388 e. The molecule has 1 heterocycles. The number of Topliss-reactive ketones (excluding diaryl/α,β-unsaturated/α-hetero) is 1. The van der Waals surface area contributed by atoms with E-state index in [0.29, 0.717) is 18.5 Å². The molecule has 0 aliphatic heterocycles. The van der Waals surface area contributed by atoms with Crippen LogP contribution in [-0.2, 0) is 10.2 Å². The summed E-state index contributed by atoms with van der Waals surface area (Å²) in [5.41, 5.74) is 3.44. The van der Waals surface area contributed by atoms with Gasteiger partial charge in [-0.2, -0.15) is 0 Å². The first-order valence-corrected chi connectivity index (χ1v) is 9.61. The van der Waals surface area contributed by atoms with Crippen molar-refractivity contribution in [2.75, 3.05) is 0 Å². The maximum absolute atomic E-state index is 12.9. The highest BCUT2D eigenvalue weighted by Crippen LogP contribution is 2.30. The number of hydrogen-bond acceptors (Lipinski definition) is 3. The standard InChI is InChI=1S/C25H24N2O2/c1-25(2,24(29)14-13-23(28)19-7-5-4-6-8-19)21-11-9-18(10-12-21)20-15-22(26-3)17-27-16-20/h4-12,15-17,23,28H,13-14H2,1-2H3. The Morgan fingerprint density at radius 2 is 1.76 bits per heavy atom. The van der Waals surface area contributed by atoms with Crippen LogP contribution in [0.5, 0.6) is 0 Å². The van der Waals surface area contributed by atoms with Gasteiger partial charge in [-0.15, -0.1) is 0 Å². The number of ketones is 1. The Bertz CT molecular complexity index is 1020. The van der Waals surface area contributed by atoms with Crippen molar-refractivity contribution in [3.63, 3.8) is 0 Å². The number of aromatic nitrogens is 1. The molecule has 0 aliphatic rings. The first-order valence-electron chi connectivity index (χ1n) is 9.61. The van der Waals surface area contributed by atoms with Gasteiger partial charge in [0.1, 0.15) is 5.78 Å². The van der Waals surface area contributed by atoms with Crippen LogP contribution < -0.4 is 0 Å². The first kappa shape index (κ1) is 20.4. The van der Waals surface area contributed by atoms with Gasteiger partial charge in [-0.05, 0) is 48.6 Å². The lowest BCUT2D eigenvalue weighted by Gasteiger charge is -2.25. The van der Waals surface area contributed by atoms with Crippen LogP contribution in [0.15, 0.2) is 73.1 Å². The molecule has 146 valence electrons. The van der Waals surface area contributed by atoms with Crippen molar-refractivity contribution in [1.82, 2.24) is 4.98 Å². The summed E-state index contributed by atoms with van der Waals surface area (Å²) in [5, 5.41) is 10.3. The summed E-state index contributed by atoms with van der Waals surface area (Å²) < 4.78 is 0. The minimum absolute atomic E-state index is 0.0944. The summed E-state index contributed by atoms with van der Waals surface area (Å²) in [4.78, 5) is 20.4. The normalized spacial score (nSPS) is 12.2. The lowest BCUT2D eigenvalue weighted by molar-refractivity contribution is -0.124. The zero-order valence-electron chi connectivity index (χ0n) is 16.7. The van der Waals surface area contributed by atoms with E-state index in [-0.39, 0.29) is 5.78 Å². The molecule has 0 amide bonds. The number of carbonyl (C=O) groups excluding carboxylic acids is 1. The number of aliphatic hydroxyl groups is 1. The molecule has 0 saturated heterocycles. The van der Waals surface area contributed by atoms with Crippen LogP contribution in [0, 0.1) is 6.57 Å². The fourth-order valence-corrected chi connectivity index (χ4v) is 3.31. The van der Waals surface area contributed by atoms with Crippen molar-refractivity contribution in [1.29, 1.82) is 0 Å². The van der Waals surface area contributed by atoms with Gasteiger partial charge in [-0.1, -0.05) is 54.6 Å². The predicted molar refractivity (Wildman–Crippen MR) is 115 cm³/mol. The van der Waals surface area contributed by atoms with E-state index in [1.165, 1.54) is 6.20 Å². The van der Waals surface area contributed by atoms with E-state index >= 15 is 0 Å². The average Bonchev–Trinajstić information content (AvgIpc) is 2.77. The van der Waals surface area contributed by atoms with Gasteiger partial charge in [-0.3, -0.25) is 9.78 Å². The number of rotatable bonds is 7. The minimum atomic E-state index is -0.647. The average molecular weight is 384 g/mol. The molecule has 1 atom stereocenters. The number of aliphatic hydroxyl groups excluding tert-OH is 1. The third kappa shape index (κ3) is 4.77. The monoisotopic (exact) mass is 384 g/mol. The van der Waals surface area contributed by atoms with Crippen LogP contribution in [0.25, 0.3) is 16.0 Å². The Morgan fingerprint density at radius 1 is 1.07 bits per heavy atom. The zero-order chi connectivity index (χ0) is 20.9. The highest BCUT2D eigenvalue weighted by molar-refractivity contribution is 5.89. The van der Waals surface area contributed by atoms with Crippen LogP contribution in [-0.4, -0.2) is 15.9 Å². The molecule has 1 unspecified atom stereocenters. The second-order valence-electron chi connectivity index (χ2n) is 7.63. The first-order chi connectivity index (χ1) is 13.9. The summed E-state index contributed by atoms with van der Waals surface area (Å²) in [5.74, 6) is 0.0944. The molecule has 4 nitrogen and oxygen atoms in total. The Labute approximate surface area is 171 Å². The molecule has 0 radical (unpaired) electrons. The zero-order valence-corrected chi connectivity index (χ0v) is 16.7. The van der Waals surface area contributed by atoms with Crippen LogP contribution in [0.4, 0.5) is 5.69 Å². The number of hydrogen-bond donors (Lipinski definition) is 1. The Kier molecular flexibility index (Phi) is 6.21. The molecule has 2 aromatic carbocycles. The second-order valence-corrected chi connectivity index (χ2v) is 7.63. The Morgan fingerprint density at radius 3 is 2.41 bits per heavy atom. The van der Waals surface area contributed by atoms with Gasteiger partial charge in [-0.25, -0.2) is 4.85 Å². The van der Waals surface area contributed by atoms with E-state index in [9.17, 15) is 9.90 Å². The van der Waals surface area contributed by atoms with E-state index in [4.69, 9.17) is 6.57 Å². The van der Waals surface area contributed by atoms with E-state index < -0.39 is 11.5 Å². The van der Waals surface area contributed by atoms with E-state index in [2.05, 4.69) is 9.83 Å². The number of benzene rings is 2. The maximum Gasteiger partial charge on any atom is 0.205 e. The number of nitrogens with zero attached hydrogens (tertiary/aromatic N) is 2. The van der Waals surface area contributed by atoms with Crippen molar-refractivity contribution >= 4 is 11.5 Å². The maximum atomic E-state index is 12.9. The molecular formula is C25H24N2O2. The van der Waals surface area contributed by atoms with Crippen molar-refractivity contribution in [2.24, 2.45) is 0 Å². The van der Waals surface area contributed by atoms with E-state index in [0.717, 1.165) is 22.3 Å². The molecule has 1 aromatic heterocycles. The quantitative estimate of drug-likeness (QED) is 0.535. The van der Waals surface area contributed by atoms with Crippen molar-refractivity contribution in [3.8, 4) is 11.1 Å². The van der Waals surface area contributed by atoms with Crippen LogP contribution in [0.1, 0.15) is 43.9 Å². The molecule has 29 heavy (non-hydrogen) atoms. The summed E-state index contributed by atoms with van der Waals surface area (Å²) in [7, 11) is 0. The second kappa shape index (κ2) is 8.81. The van der Waals surface area contributed by atoms with Gasteiger partial charge in [0, 0.05) is 24.2 Å². The molecule has 0 aliphatic carbocycles. The lowest BCUT2D eigenvalue weighted by atomic mass is 9.78. The van der Waals surface area contributed by atoms with E-state index in [1.807, 2.05) is 68.4 Å². The van der Waals surface area contributed by atoms with Crippen LogP contribution >= 0.6 is 0 Å². The fourth-order valence-electron chi connectivity index (χ4n) is 3.31. The van der Waals surface area contributed by atoms with Gasteiger partial charge in [0.25, 0.3) is 0 Å². The van der Waals surface area contributed by atoms with Crippen molar-refractivity contribution in [2.45, 2.75) is 38.2 Å². The molecule has 0 fully saturated rings. The molecule has 0 saturated carbocycles. The molecular weight excluding hydrogens is 360 g/mol. The molecule has 1 N–H and O–H groups in total. The van der Waals surface area contributed by atoms with Gasteiger partial charge < -0.3 is 5.11 Å². The van der Waals surface area contributed by atoms with Crippen LogP contribution in [0.3, 0.4) is 0 Å². The van der Waals surface area contributed by atoms with Gasteiger partial charge in [0.15, 0.2) is 0 Å². The highest BCUT2D eigenvalue weighted by atomic mass is 16.3. The third-order valence-electron chi connectivity index (χ3n) is 5.32. The van der Waals surface area contributed by atoms with E-state index in [1.54, 1.807) is 12.3 Å². The molecule has 3 aromatic rings. The van der Waals surface area contributed by atoms with Gasteiger partial charge in [0.2, 0.25) is 5.69 Å². The summed E-state index contributed by atoms with van der Waals surface area (Å²) >= 11 is 0. The summed E-state index contributed by atoms with van der Waals surface area (Å²) in [6.45, 7) is 11.0. The lowest BCUT2D eigenvalue weighted by Crippen LogP contribution is -2.29. The third-order valence-corrected chi connectivity index (χ3v) is 5.32. The smallest absolute Gasteiger partial charge is 0.205 e. The summed E-state index contributed by atoms with van der Waals surface area (Å²) in [6, 6.07) is 19.0. The van der Waals surface area contributed by atoms with Gasteiger partial charge >= 0.3 is 0 Å². The van der Waals surface area contributed by atoms with Crippen LogP contribution in [0.2, 0.25) is 0 Å². The van der Waals surface area contributed by atoms with Crippen molar-refractivity contribution < 1.29 is 9.90 Å². The highest BCUT2D eigenvalue weighted by Gasteiger charge is 2.29. The topological polar surface area (TPSA) is 54.5 Å². The number of pyridine rings is 1. The summed E-state index contributed by atoms with van der Waals surface area (Å²) in [6.07, 6.45) is 3.34. The molecule has 4 heteroatoms. The van der Waals surface area contributed by atoms with Crippen molar-refractivity contribution in [3.05, 3.63) is 95.6 Å². The molecule has 3 rings (SSSR count). The Hall–Kier alpha value is -3.29. The molecule has 0 spiro atoms. The Balaban J connectivity index is 1.69. The largest absolute Gasteiger partial charge is 0.388 e. The fraction of sp³-hybridized carbons (Fsp3) is 0.240.